The third-order valence-corrected chi connectivity index (χ3v) is 7.05. The van der Waals surface area contributed by atoms with Crippen molar-refractivity contribution in [3.05, 3.63) is 93.6 Å². The van der Waals surface area contributed by atoms with Crippen LogP contribution in [0.15, 0.2) is 86.8 Å². The summed E-state index contributed by atoms with van der Waals surface area (Å²) in [5.74, 6) is 0. The maximum Gasteiger partial charge on any atom is 0.348 e. The van der Waals surface area contributed by atoms with Crippen molar-refractivity contribution in [1.82, 2.24) is 0 Å². The molecule has 0 atom stereocenters. The van der Waals surface area contributed by atoms with Crippen LogP contribution >= 0.6 is 20.7 Å². The molecule has 0 aliphatic heterocycles. The maximum absolute atomic E-state index is 12.9. The van der Waals surface area contributed by atoms with Gasteiger partial charge in [-0.15, -0.1) is 0 Å². The van der Waals surface area contributed by atoms with Crippen molar-refractivity contribution in [3.8, 4) is 0 Å². The average molecular weight is 388 g/mol. The van der Waals surface area contributed by atoms with E-state index in [0.717, 1.165) is 30.9 Å². The molecule has 4 aromatic carbocycles. The Hall–Kier alpha value is -3.02. The van der Waals surface area contributed by atoms with Crippen LogP contribution in [0.1, 0.15) is 0 Å². The highest BCUT2D eigenvalue weighted by atomic mass is 32.9. The predicted molar refractivity (Wildman–Crippen MR) is 115 cm³/mol. The lowest BCUT2D eigenvalue weighted by atomic mass is 10.1. The van der Waals surface area contributed by atoms with Crippen LogP contribution in [0.3, 0.4) is 0 Å². The van der Waals surface area contributed by atoms with E-state index in [0.29, 0.717) is 10.8 Å². The van der Waals surface area contributed by atoms with Crippen molar-refractivity contribution >= 4 is 62.4 Å². The van der Waals surface area contributed by atoms with Gasteiger partial charge in [-0.2, -0.15) is 0 Å². The van der Waals surface area contributed by atoms with Crippen LogP contribution in [0.4, 0.5) is 0 Å². The van der Waals surface area contributed by atoms with E-state index >= 15 is 0 Å². The van der Waals surface area contributed by atoms with E-state index in [1.807, 2.05) is 72.8 Å². The monoisotopic (exact) mass is 388 g/mol. The van der Waals surface area contributed by atoms with Crippen molar-refractivity contribution in [2.24, 2.45) is 0 Å². The molecule has 5 aromatic rings. The topological polar surface area (TPSA) is 47.3 Å². The Morgan fingerprint density at radius 2 is 1.00 bits per heavy atom. The molecular formula is C22H12O3S2. The van der Waals surface area contributed by atoms with E-state index in [4.69, 9.17) is 4.42 Å². The van der Waals surface area contributed by atoms with Crippen LogP contribution in [-0.2, 0) is 0 Å². The molecule has 0 unspecified atom stereocenters. The third-order valence-electron chi connectivity index (χ3n) is 4.60. The van der Waals surface area contributed by atoms with Gasteiger partial charge in [-0.25, -0.2) is 9.59 Å². The van der Waals surface area contributed by atoms with Crippen molar-refractivity contribution in [3.63, 3.8) is 0 Å². The number of fused-ring (bicyclic) bond motifs is 6. The Kier molecular flexibility index (Phi) is 3.77. The Bertz CT molecular complexity index is 1410. The Morgan fingerprint density at radius 3 is 1.48 bits per heavy atom. The van der Waals surface area contributed by atoms with Gasteiger partial charge in [0, 0.05) is 0 Å². The molecule has 0 saturated heterocycles. The SMILES string of the molecule is O=c1oc(=O)c2c(ccc3ccccc32)ssc2ccc3ccccc3c12. The van der Waals surface area contributed by atoms with Crippen LogP contribution in [0.2, 0.25) is 0 Å². The Labute approximate surface area is 160 Å². The summed E-state index contributed by atoms with van der Waals surface area (Å²) in [7, 11) is 2.94. The second-order valence-electron chi connectivity index (χ2n) is 6.16. The molecular weight excluding hydrogens is 376 g/mol. The molecule has 0 radical (unpaired) electrons. The highest BCUT2D eigenvalue weighted by molar-refractivity contribution is 7.73. The molecule has 0 spiro atoms. The summed E-state index contributed by atoms with van der Waals surface area (Å²) in [6.45, 7) is 0. The number of hydrogen-bond acceptors (Lipinski definition) is 5. The third kappa shape index (κ3) is 2.63. The number of rotatable bonds is 0. The van der Waals surface area contributed by atoms with E-state index in [1.54, 1.807) is 0 Å². The van der Waals surface area contributed by atoms with Gasteiger partial charge in [0.25, 0.3) is 0 Å². The van der Waals surface area contributed by atoms with Crippen LogP contribution in [0.5, 0.6) is 0 Å². The Balaban J connectivity index is 2.09. The molecule has 0 aliphatic rings. The fraction of sp³-hybridized carbons (Fsp3) is 0. The van der Waals surface area contributed by atoms with Gasteiger partial charge in [0.1, 0.15) is 0 Å². The zero-order valence-electron chi connectivity index (χ0n) is 14.0. The molecule has 3 nitrogen and oxygen atoms in total. The molecule has 130 valence electrons. The first kappa shape index (κ1) is 16.2. The lowest BCUT2D eigenvalue weighted by Crippen LogP contribution is -2.07. The summed E-state index contributed by atoms with van der Waals surface area (Å²) in [6, 6.07) is 23.0. The van der Waals surface area contributed by atoms with Gasteiger partial charge in [0.15, 0.2) is 0 Å². The summed E-state index contributed by atoms with van der Waals surface area (Å²) in [4.78, 5) is 25.8. The molecule has 5 heteroatoms. The molecule has 1 aromatic heterocycles. The largest absolute Gasteiger partial charge is 0.386 e. The van der Waals surface area contributed by atoms with E-state index in [1.165, 1.54) is 20.7 Å². The van der Waals surface area contributed by atoms with Crippen LogP contribution in [0, 0.1) is 0 Å². The molecule has 0 aliphatic carbocycles. The zero-order chi connectivity index (χ0) is 18.4. The summed E-state index contributed by atoms with van der Waals surface area (Å²) in [5, 5.41) is 4.34. The van der Waals surface area contributed by atoms with Crippen LogP contribution in [0.25, 0.3) is 41.7 Å². The van der Waals surface area contributed by atoms with Gasteiger partial charge in [-0.3, -0.25) is 0 Å². The normalized spacial score (nSPS) is 11.3. The summed E-state index contributed by atoms with van der Waals surface area (Å²) < 4.78 is 6.91. The zero-order valence-corrected chi connectivity index (χ0v) is 15.6. The van der Waals surface area contributed by atoms with E-state index in [-0.39, 0.29) is 0 Å². The minimum atomic E-state index is -0.610. The molecule has 0 N–H and O–H groups in total. The van der Waals surface area contributed by atoms with Crippen molar-refractivity contribution in [1.29, 1.82) is 0 Å². The lowest BCUT2D eigenvalue weighted by Gasteiger charge is -1.98. The summed E-state index contributed by atoms with van der Waals surface area (Å²) in [6.07, 6.45) is 0. The lowest BCUT2D eigenvalue weighted by molar-refractivity contribution is 0.491. The minimum absolute atomic E-state index is 0.441. The highest BCUT2D eigenvalue weighted by Gasteiger charge is 2.08. The maximum atomic E-state index is 12.9. The van der Waals surface area contributed by atoms with Crippen LogP contribution in [-0.4, -0.2) is 0 Å². The Morgan fingerprint density at radius 1 is 0.556 bits per heavy atom. The van der Waals surface area contributed by atoms with Gasteiger partial charge in [-0.05, 0) is 33.7 Å². The molecule has 0 fully saturated rings. The second-order valence-corrected chi connectivity index (χ2v) is 8.38. The van der Waals surface area contributed by atoms with Crippen molar-refractivity contribution in [2.75, 3.05) is 0 Å². The molecule has 27 heavy (non-hydrogen) atoms. The predicted octanol–water partition coefficient (Wildman–Crippen LogP) is 5.86. The highest BCUT2D eigenvalue weighted by Crippen LogP contribution is 2.29. The first-order valence-corrected chi connectivity index (χ1v) is 10.5. The van der Waals surface area contributed by atoms with E-state index in [9.17, 15) is 9.59 Å². The molecule has 0 bridgehead atoms. The van der Waals surface area contributed by atoms with Crippen LogP contribution < -0.4 is 11.3 Å². The fourth-order valence-electron chi connectivity index (χ4n) is 3.34. The molecule has 0 amide bonds. The smallest absolute Gasteiger partial charge is 0.348 e. The molecule has 5 rings (SSSR count). The van der Waals surface area contributed by atoms with Gasteiger partial charge in [0.2, 0.25) is 0 Å². The quantitative estimate of drug-likeness (QED) is 0.312. The van der Waals surface area contributed by atoms with Gasteiger partial charge >= 0.3 is 11.3 Å². The van der Waals surface area contributed by atoms with E-state index in [2.05, 4.69) is 0 Å². The van der Waals surface area contributed by atoms with Gasteiger partial charge in [-0.1, -0.05) is 81.3 Å². The average Bonchev–Trinajstić information content (AvgIpc) is 2.75. The molecule has 0 saturated carbocycles. The summed E-state index contributed by atoms with van der Waals surface area (Å²) in [5.41, 5.74) is -1.22. The molecule has 1 heterocycles. The first-order valence-electron chi connectivity index (χ1n) is 8.37. The fourth-order valence-corrected chi connectivity index (χ4v) is 5.69. The van der Waals surface area contributed by atoms with Crippen molar-refractivity contribution < 1.29 is 4.42 Å². The van der Waals surface area contributed by atoms with Crippen molar-refractivity contribution in [2.45, 2.75) is 0 Å². The van der Waals surface area contributed by atoms with Gasteiger partial charge < -0.3 is 4.42 Å². The number of hydrogen-bond donors (Lipinski definition) is 0. The standard InChI is InChI=1S/C22H12O3S2/c23-21-19-15-7-3-1-5-13(15)9-11-17(19)26-27-18-12-10-14-6-2-4-8-16(14)20(18)22(24)25-21/h1-12H. The first-order chi connectivity index (χ1) is 13.2. The second kappa shape index (κ2) is 6.30. The van der Waals surface area contributed by atoms with E-state index < -0.39 is 11.3 Å². The van der Waals surface area contributed by atoms with Gasteiger partial charge in [0.05, 0.1) is 20.2 Å². The summed E-state index contributed by atoms with van der Waals surface area (Å²) >= 11 is 0. The minimum Gasteiger partial charge on any atom is -0.386 e. The number of benzene rings is 4.